The van der Waals surface area contributed by atoms with E-state index in [4.69, 9.17) is 10.7 Å². The van der Waals surface area contributed by atoms with Crippen molar-refractivity contribution >= 4 is 25.6 Å². The zero-order chi connectivity index (χ0) is 14.9. The summed E-state index contributed by atoms with van der Waals surface area (Å²) in [6, 6.07) is 4.76. The summed E-state index contributed by atoms with van der Waals surface area (Å²) in [4.78, 5) is 14.4. The summed E-state index contributed by atoms with van der Waals surface area (Å²) in [6.45, 7) is 4.45. The third-order valence-electron chi connectivity index (χ3n) is 3.75. The van der Waals surface area contributed by atoms with E-state index in [1.165, 1.54) is 12.1 Å². The van der Waals surface area contributed by atoms with E-state index in [1.807, 2.05) is 11.8 Å². The van der Waals surface area contributed by atoms with Crippen molar-refractivity contribution in [3.05, 3.63) is 29.3 Å². The fourth-order valence-corrected chi connectivity index (χ4v) is 3.82. The number of halogens is 1. The number of hydrogen-bond acceptors (Lipinski definition) is 3. The molecule has 0 radical (unpaired) electrons. The zero-order valence-electron chi connectivity index (χ0n) is 11.6. The first-order valence-electron chi connectivity index (χ1n) is 6.67. The van der Waals surface area contributed by atoms with Gasteiger partial charge in [-0.05, 0) is 56.9 Å². The van der Waals surface area contributed by atoms with E-state index in [9.17, 15) is 13.2 Å². The lowest BCUT2D eigenvalue weighted by Crippen LogP contribution is -2.42. The Bertz CT molecular complexity index is 627. The molecule has 1 aliphatic heterocycles. The SMILES string of the molecule is Cc1cc(C(=O)N2CCCCC2C)ccc1S(=O)(=O)Cl. The highest BCUT2D eigenvalue weighted by molar-refractivity contribution is 8.13. The zero-order valence-corrected chi connectivity index (χ0v) is 13.2. The van der Waals surface area contributed by atoms with Crippen LogP contribution in [0, 0.1) is 6.92 Å². The van der Waals surface area contributed by atoms with E-state index in [0.717, 1.165) is 25.8 Å². The van der Waals surface area contributed by atoms with Crippen molar-refractivity contribution in [2.45, 2.75) is 44.0 Å². The maximum absolute atomic E-state index is 12.5. The molecule has 1 aromatic carbocycles. The molecule has 1 heterocycles. The monoisotopic (exact) mass is 315 g/mol. The average Bonchev–Trinajstić information content (AvgIpc) is 2.37. The lowest BCUT2D eigenvalue weighted by Gasteiger charge is -2.33. The molecule has 1 fully saturated rings. The van der Waals surface area contributed by atoms with Gasteiger partial charge in [0.1, 0.15) is 0 Å². The van der Waals surface area contributed by atoms with Crippen molar-refractivity contribution < 1.29 is 13.2 Å². The normalized spacial score (nSPS) is 19.9. The van der Waals surface area contributed by atoms with Crippen LogP contribution in [0.2, 0.25) is 0 Å². The Balaban J connectivity index is 2.30. The summed E-state index contributed by atoms with van der Waals surface area (Å²) < 4.78 is 22.7. The molecule has 1 atom stereocenters. The predicted molar refractivity (Wildman–Crippen MR) is 78.6 cm³/mol. The van der Waals surface area contributed by atoms with Crippen molar-refractivity contribution in [1.29, 1.82) is 0 Å². The first-order chi connectivity index (χ1) is 9.30. The van der Waals surface area contributed by atoms with Crippen molar-refractivity contribution in [2.75, 3.05) is 6.54 Å². The van der Waals surface area contributed by atoms with Gasteiger partial charge in [-0.1, -0.05) is 0 Å². The fraction of sp³-hybridized carbons (Fsp3) is 0.500. The lowest BCUT2D eigenvalue weighted by molar-refractivity contribution is 0.0635. The Labute approximate surface area is 124 Å². The van der Waals surface area contributed by atoms with E-state index in [-0.39, 0.29) is 16.8 Å². The summed E-state index contributed by atoms with van der Waals surface area (Å²) in [6.07, 6.45) is 3.18. The van der Waals surface area contributed by atoms with Gasteiger partial charge in [-0.25, -0.2) is 8.42 Å². The number of aryl methyl sites for hydroxylation is 1. The molecule has 0 bridgehead atoms. The highest BCUT2D eigenvalue weighted by atomic mass is 35.7. The van der Waals surface area contributed by atoms with Crippen molar-refractivity contribution in [3.8, 4) is 0 Å². The second kappa shape index (κ2) is 5.74. The van der Waals surface area contributed by atoms with Gasteiger partial charge in [0.15, 0.2) is 0 Å². The van der Waals surface area contributed by atoms with Crippen LogP contribution in [0.25, 0.3) is 0 Å². The third-order valence-corrected chi connectivity index (χ3v) is 5.23. The van der Waals surface area contributed by atoms with E-state index >= 15 is 0 Å². The molecular formula is C14H18ClNO3S. The Hall–Kier alpha value is -1.07. The second-order valence-corrected chi connectivity index (χ2v) is 7.80. The lowest BCUT2D eigenvalue weighted by atomic mass is 10.0. The van der Waals surface area contributed by atoms with Crippen LogP contribution in [-0.4, -0.2) is 31.8 Å². The molecule has 0 saturated carbocycles. The molecule has 0 N–H and O–H groups in total. The number of rotatable bonds is 2. The Kier molecular flexibility index (Phi) is 4.39. The number of carbonyl (C=O) groups excluding carboxylic acids is 1. The number of carbonyl (C=O) groups is 1. The first-order valence-corrected chi connectivity index (χ1v) is 8.98. The van der Waals surface area contributed by atoms with Crippen molar-refractivity contribution in [2.24, 2.45) is 0 Å². The van der Waals surface area contributed by atoms with Crippen LogP contribution < -0.4 is 0 Å². The fourth-order valence-electron chi connectivity index (χ4n) is 2.62. The van der Waals surface area contributed by atoms with Gasteiger partial charge in [0, 0.05) is 28.8 Å². The van der Waals surface area contributed by atoms with E-state index in [2.05, 4.69) is 0 Å². The van der Waals surface area contributed by atoms with Gasteiger partial charge >= 0.3 is 0 Å². The number of piperidine rings is 1. The van der Waals surface area contributed by atoms with Gasteiger partial charge in [0.25, 0.3) is 15.0 Å². The van der Waals surface area contributed by atoms with E-state index < -0.39 is 9.05 Å². The van der Waals surface area contributed by atoms with Crippen LogP contribution in [0.4, 0.5) is 0 Å². The smallest absolute Gasteiger partial charge is 0.261 e. The van der Waals surface area contributed by atoms with Gasteiger partial charge < -0.3 is 4.90 Å². The third kappa shape index (κ3) is 3.15. The molecule has 20 heavy (non-hydrogen) atoms. The molecule has 1 saturated heterocycles. The minimum atomic E-state index is -3.76. The van der Waals surface area contributed by atoms with E-state index in [0.29, 0.717) is 11.1 Å². The second-order valence-electron chi connectivity index (χ2n) is 5.26. The molecule has 110 valence electrons. The van der Waals surface area contributed by atoms with Gasteiger partial charge in [-0.2, -0.15) is 0 Å². The molecule has 0 spiro atoms. The number of benzene rings is 1. The summed E-state index contributed by atoms with van der Waals surface area (Å²) in [7, 11) is 1.58. The molecule has 1 aromatic rings. The van der Waals surface area contributed by atoms with Crippen LogP contribution in [0.5, 0.6) is 0 Å². The molecular weight excluding hydrogens is 298 g/mol. The number of amides is 1. The molecule has 6 heteroatoms. The highest BCUT2D eigenvalue weighted by Gasteiger charge is 2.25. The van der Waals surface area contributed by atoms with Crippen LogP contribution in [0.1, 0.15) is 42.1 Å². The molecule has 1 amide bonds. The number of hydrogen-bond donors (Lipinski definition) is 0. The minimum absolute atomic E-state index is 0.0428. The highest BCUT2D eigenvalue weighted by Crippen LogP contribution is 2.23. The quantitative estimate of drug-likeness (QED) is 0.788. The Morgan fingerprint density at radius 2 is 2.05 bits per heavy atom. The maximum Gasteiger partial charge on any atom is 0.261 e. The summed E-state index contributed by atoms with van der Waals surface area (Å²) >= 11 is 0. The summed E-state index contributed by atoms with van der Waals surface area (Å²) in [5.74, 6) is -0.0428. The van der Waals surface area contributed by atoms with Gasteiger partial charge in [-0.3, -0.25) is 4.79 Å². The van der Waals surface area contributed by atoms with Crippen LogP contribution in [-0.2, 0) is 9.05 Å². The van der Waals surface area contributed by atoms with E-state index in [1.54, 1.807) is 13.0 Å². The standard InChI is InChI=1S/C14H18ClNO3S/c1-10-9-12(6-7-13(10)20(15,18)19)14(17)16-8-4-3-5-11(16)2/h6-7,9,11H,3-5,8H2,1-2H3. The Morgan fingerprint density at radius 1 is 1.35 bits per heavy atom. The number of likely N-dealkylation sites (tertiary alicyclic amines) is 1. The van der Waals surface area contributed by atoms with Crippen LogP contribution >= 0.6 is 10.7 Å². The minimum Gasteiger partial charge on any atom is -0.336 e. The van der Waals surface area contributed by atoms with Gasteiger partial charge in [0.05, 0.1) is 4.90 Å². The van der Waals surface area contributed by atoms with Crippen LogP contribution in [0.15, 0.2) is 23.1 Å². The molecule has 0 aliphatic carbocycles. The van der Waals surface area contributed by atoms with Crippen LogP contribution in [0.3, 0.4) is 0 Å². The van der Waals surface area contributed by atoms with Gasteiger partial charge in [0.2, 0.25) is 0 Å². The maximum atomic E-state index is 12.5. The molecule has 4 nitrogen and oxygen atoms in total. The number of nitrogens with zero attached hydrogens (tertiary/aromatic N) is 1. The van der Waals surface area contributed by atoms with Crippen molar-refractivity contribution in [3.63, 3.8) is 0 Å². The first kappa shape index (κ1) is 15.3. The summed E-state index contributed by atoms with van der Waals surface area (Å²) in [5, 5.41) is 0. The molecule has 1 unspecified atom stereocenters. The summed E-state index contributed by atoms with van der Waals surface area (Å²) in [5.41, 5.74) is 1.01. The topological polar surface area (TPSA) is 54.5 Å². The Morgan fingerprint density at radius 3 is 2.60 bits per heavy atom. The van der Waals surface area contributed by atoms with Crippen molar-refractivity contribution in [1.82, 2.24) is 4.90 Å². The predicted octanol–water partition coefficient (Wildman–Crippen LogP) is 2.94. The molecule has 0 aromatic heterocycles. The van der Waals surface area contributed by atoms with Gasteiger partial charge in [-0.15, -0.1) is 0 Å². The average molecular weight is 316 g/mol. The molecule has 2 rings (SSSR count). The molecule has 1 aliphatic rings. The largest absolute Gasteiger partial charge is 0.336 e.